The lowest BCUT2D eigenvalue weighted by molar-refractivity contribution is -0.139. The number of likely N-dealkylation sites (tertiary alicyclic amines) is 1. The van der Waals surface area contributed by atoms with Crippen molar-refractivity contribution in [1.82, 2.24) is 4.90 Å². The summed E-state index contributed by atoms with van der Waals surface area (Å²) in [7, 11) is 0. The second kappa shape index (κ2) is 11.1. The third-order valence-corrected chi connectivity index (χ3v) is 5.57. The number of carbonyl (C=O) groups is 2. The van der Waals surface area contributed by atoms with Crippen LogP contribution in [0.3, 0.4) is 0 Å². The van der Waals surface area contributed by atoms with E-state index in [2.05, 4.69) is 20.4 Å². The Morgan fingerprint density at radius 3 is 2.59 bits per heavy atom. The average Bonchev–Trinajstić information content (AvgIpc) is 3.06. The molecule has 1 atom stereocenters. The zero-order chi connectivity index (χ0) is 24.8. The van der Waals surface area contributed by atoms with Crippen LogP contribution in [0.2, 0.25) is 0 Å². The second-order valence-corrected chi connectivity index (χ2v) is 8.85. The summed E-state index contributed by atoms with van der Waals surface area (Å²) in [4.78, 5) is 27.5. The predicted octanol–water partition coefficient (Wildman–Crippen LogP) is 5.43. The van der Waals surface area contributed by atoms with Gasteiger partial charge >= 0.3 is 0 Å². The molecule has 0 aliphatic carbocycles. The molecular formula is C28H33NO5. The van der Waals surface area contributed by atoms with Crippen LogP contribution < -0.4 is 9.47 Å². The molecule has 3 rings (SSSR count). The molecule has 34 heavy (non-hydrogen) atoms. The summed E-state index contributed by atoms with van der Waals surface area (Å²) in [6, 6.07) is 11.8. The zero-order valence-electron chi connectivity index (χ0n) is 20.3. The van der Waals surface area contributed by atoms with Crippen LogP contribution in [0.15, 0.2) is 60.7 Å². The molecular weight excluding hydrogens is 430 g/mol. The Balaban J connectivity index is 2.07. The molecule has 1 unspecified atom stereocenters. The summed E-state index contributed by atoms with van der Waals surface area (Å²) in [5.41, 5.74) is 2.08. The first-order chi connectivity index (χ1) is 16.3. The molecule has 1 aliphatic heterocycles. The normalized spacial score (nSPS) is 17.3. The molecule has 1 aliphatic rings. The van der Waals surface area contributed by atoms with Crippen molar-refractivity contribution in [1.29, 1.82) is 0 Å². The Morgan fingerprint density at radius 1 is 1.18 bits per heavy atom. The summed E-state index contributed by atoms with van der Waals surface area (Å²) in [6.07, 6.45) is 2.32. The van der Waals surface area contributed by atoms with Crippen molar-refractivity contribution >= 4 is 17.4 Å². The first-order valence-corrected chi connectivity index (χ1v) is 11.6. The topological polar surface area (TPSA) is 76.1 Å². The van der Waals surface area contributed by atoms with Gasteiger partial charge in [-0.3, -0.25) is 9.59 Å². The maximum Gasteiger partial charge on any atom is 0.295 e. The predicted molar refractivity (Wildman–Crippen MR) is 133 cm³/mol. The standard InChI is InChI=1S/C28H33NO5/c1-6-13-29-25(20-9-8-10-22(16-20)33-14-7-2)24(27(31)28(29)32)26(30)21-11-12-23(19(5)15-21)34-17-18(3)4/h7-12,15-16,18,25,30H,2,6,13-14,17H2,1,3-5H3/b26-24+. The molecule has 0 aromatic heterocycles. The number of Topliss-reactive ketones (excluding diaryl/α,β-unsaturated/α-hetero) is 1. The molecule has 0 spiro atoms. The quantitative estimate of drug-likeness (QED) is 0.220. The highest BCUT2D eigenvalue weighted by Crippen LogP contribution is 2.40. The lowest BCUT2D eigenvalue weighted by Crippen LogP contribution is -2.30. The number of aliphatic hydroxyl groups is 1. The van der Waals surface area contributed by atoms with E-state index >= 15 is 0 Å². The number of hydrogen-bond acceptors (Lipinski definition) is 5. The number of ether oxygens (including phenoxy) is 2. The molecule has 180 valence electrons. The van der Waals surface area contributed by atoms with Gasteiger partial charge in [0.05, 0.1) is 18.2 Å². The molecule has 1 saturated heterocycles. The monoisotopic (exact) mass is 463 g/mol. The molecule has 2 aromatic rings. The molecule has 1 heterocycles. The highest BCUT2D eigenvalue weighted by atomic mass is 16.5. The van der Waals surface area contributed by atoms with E-state index in [0.29, 0.717) is 49.0 Å². The smallest absolute Gasteiger partial charge is 0.295 e. The third-order valence-electron chi connectivity index (χ3n) is 5.57. The number of hydrogen-bond donors (Lipinski definition) is 1. The van der Waals surface area contributed by atoms with E-state index in [4.69, 9.17) is 9.47 Å². The minimum Gasteiger partial charge on any atom is -0.507 e. The minimum absolute atomic E-state index is 0.0783. The van der Waals surface area contributed by atoms with Crippen LogP contribution in [-0.2, 0) is 9.59 Å². The molecule has 2 aromatic carbocycles. The first-order valence-electron chi connectivity index (χ1n) is 11.6. The molecule has 1 amide bonds. The van der Waals surface area contributed by atoms with Crippen LogP contribution in [0.1, 0.15) is 49.9 Å². The summed E-state index contributed by atoms with van der Waals surface area (Å²) in [5, 5.41) is 11.3. The Labute approximate surface area is 201 Å². The number of aryl methyl sites for hydroxylation is 1. The Morgan fingerprint density at radius 2 is 1.94 bits per heavy atom. The lowest BCUT2D eigenvalue weighted by atomic mass is 9.94. The minimum atomic E-state index is -0.704. The van der Waals surface area contributed by atoms with Crippen molar-refractivity contribution in [3.8, 4) is 11.5 Å². The Bertz CT molecular complexity index is 1100. The number of carbonyl (C=O) groups excluding carboxylic acids is 2. The molecule has 6 nitrogen and oxygen atoms in total. The van der Waals surface area contributed by atoms with E-state index in [1.807, 2.05) is 26.0 Å². The van der Waals surface area contributed by atoms with Gasteiger partial charge in [0.15, 0.2) is 0 Å². The zero-order valence-corrected chi connectivity index (χ0v) is 20.3. The van der Waals surface area contributed by atoms with Gasteiger partial charge < -0.3 is 19.5 Å². The summed E-state index contributed by atoms with van der Waals surface area (Å²) < 4.78 is 11.5. The van der Waals surface area contributed by atoms with Crippen molar-refractivity contribution in [2.45, 2.75) is 40.2 Å². The molecule has 1 N–H and O–H groups in total. The van der Waals surface area contributed by atoms with Gasteiger partial charge in [-0.05, 0) is 60.7 Å². The number of amides is 1. The van der Waals surface area contributed by atoms with Gasteiger partial charge in [-0.25, -0.2) is 0 Å². The van der Waals surface area contributed by atoms with Crippen LogP contribution >= 0.6 is 0 Å². The molecule has 1 fully saturated rings. The van der Waals surface area contributed by atoms with E-state index in [1.165, 1.54) is 4.90 Å². The highest BCUT2D eigenvalue weighted by molar-refractivity contribution is 6.46. The van der Waals surface area contributed by atoms with Crippen molar-refractivity contribution in [3.05, 3.63) is 77.4 Å². The van der Waals surface area contributed by atoms with E-state index in [1.54, 1.807) is 36.4 Å². The fourth-order valence-corrected chi connectivity index (χ4v) is 4.00. The van der Waals surface area contributed by atoms with E-state index in [-0.39, 0.29) is 11.3 Å². The number of ketones is 1. The van der Waals surface area contributed by atoms with E-state index < -0.39 is 17.7 Å². The number of nitrogens with zero attached hydrogens (tertiary/aromatic N) is 1. The average molecular weight is 464 g/mol. The van der Waals surface area contributed by atoms with Gasteiger partial charge in [-0.15, -0.1) is 0 Å². The third kappa shape index (κ3) is 5.33. The second-order valence-electron chi connectivity index (χ2n) is 8.85. The van der Waals surface area contributed by atoms with Crippen LogP contribution in [0.5, 0.6) is 11.5 Å². The largest absolute Gasteiger partial charge is 0.507 e. The fourth-order valence-electron chi connectivity index (χ4n) is 4.00. The van der Waals surface area contributed by atoms with Crippen LogP contribution in [-0.4, -0.2) is 41.5 Å². The lowest BCUT2D eigenvalue weighted by Gasteiger charge is -2.25. The number of benzene rings is 2. The summed E-state index contributed by atoms with van der Waals surface area (Å²) >= 11 is 0. The van der Waals surface area contributed by atoms with Gasteiger partial charge in [0.1, 0.15) is 23.9 Å². The van der Waals surface area contributed by atoms with Gasteiger partial charge in [-0.2, -0.15) is 0 Å². The van der Waals surface area contributed by atoms with Crippen LogP contribution in [0, 0.1) is 12.8 Å². The van der Waals surface area contributed by atoms with E-state index in [0.717, 1.165) is 11.3 Å². The van der Waals surface area contributed by atoms with Gasteiger partial charge in [0.25, 0.3) is 11.7 Å². The first kappa shape index (κ1) is 25.1. The van der Waals surface area contributed by atoms with Gasteiger partial charge in [0.2, 0.25) is 0 Å². The number of rotatable bonds is 10. The van der Waals surface area contributed by atoms with Crippen molar-refractivity contribution in [2.24, 2.45) is 5.92 Å². The van der Waals surface area contributed by atoms with Crippen molar-refractivity contribution < 1.29 is 24.2 Å². The maximum atomic E-state index is 13.1. The molecule has 6 heteroatoms. The maximum absolute atomic E-state index is 13.1. The van der Waals surface area contributed by atoms with Crippen LogP contribution in [0.25, 0.3) is 5.76 Å². The summed E-state index contributed by atoms with van der Waals surface area (Å²) in [6.45, 7) is 13.0. The molecule has 0 radical (unpaired) electrons. The number of aliphatic hydroxyl groups excluding tert-OH is 1. The van der Waals surface area contributed by atoms with E-state index in [9.17, 15) is 14.7 Å². The summed E-state index contributed by atoms with van der Waals surface area (Å²) in [5.74, 6) is 0.207. The van der Waals surface area contributed by atoms with Crippen molar-refractivity contribution in [3.63, 3.8) is 0 Å². The van der Waals surface area contributed by atoms with Crippen molar-refractivity contribution in [2.75, 3.05) is 19.8 Å². The molecule has 0 bridgehead atoms. The van der Waals surface area contributed by atoms with Gasteiger partial charge in [0, 0.05) is 12.1 Å². The van der Waals surface area contributed by atoms with Gasteiger partial charge in [-0.1, -0.05) is 45.6 Å². The van der Waals surface area contributed by atoms with Crippen LogP contribution in [0.4, 0.5) is 0 Å². The Hall–Kier alpha value is -3.54. The molecule has 0 saturated carbocycles. The Kier molecular flexibility index (Phi) is 8.16. The highest BCUT2D eigenvalue weighted by Gasteiger charge is 2.45. The fraction of sp³-hybridized carbons (Fsp3) is 0.357. The SMILES string of the molecule is C=CCOc1cccc(C2/C(=C(\O)c3ccc(OCC(C)C)c(C)c3)C(=O)C(=O)N2CCC)c1.